The van der Waals surface area contributed by atoms with Crippen LogP contribution in [0.25, 0.3) is 21.3 Å². The van der Waals surface area contributed by atoms with Crippen LogP contribution in [0.1, 0.15) is 6.92 Å². The van der Waals surface area contributed by atoms with E-state index in [1.807, 2.05) is 24.3 Å². The zero-order valence-electron chi connectivity index (χ0n) is 13.3. The second-order valence-electron chi connectivity index (χ2n) is 4.83. The van der Waals surface area contributed by atoms with Crippen molar-refractivity contribution in [3.8, 4) is 16.9 Å². The van der Waals surface area contributed by atoms with Crippen molar-refractivity contribution in [3.05, 3.63) is 36.0 Å². The number of rotatable bonds is 6. The first kappa shape index (κ1) is 16.7. The molecule has 0 saturated carbocycles. The van der Waals surface area contributed by atoms with E-state index < -0.39 is 0 Å². The Morgan fingerprint density at radius 3 is 2.75 bits per heavy atom. The van der Waals surface area contributed by atoms with E-state index in [0.29, 0.717) is 6.61 Å². The number of thiophene rings is 1. The van der Waals surface area contributed by atoms with Crippen LogP contribution in [-0.2, 0) is 9.53 Å². The van der Waals surface area contributed by atoms with E-state index in [4.69, 9.17) is 9.47 Å². The van der Waals surface area contributed by atoms with Crippen LogP contribution in [0, 0.1) is 0 Å². The largest absolute Gasteiger partial charge is 0.497 e. The van der Waals surface area contributed by atoms with E-state index in [2.05, 4.69) is 15.3 Å². The molecule has 5 nitrogen and oxygen atoms in total. The summed E-state index contributed by atoms with van der Waals surface area (Å²) >= 11 is 2.94. The minimum Gasteiger partial charge on any atom is -0.497 e. The van der Waals surface area contributed by atoms with Crippen molar-refractivity contribution in [3.63, 3.8) is 0 Å². The summed E-state index contributed by atoms with van der Waals surface area (Å²) in [6.45, 7) is 2.18. The second kappa shape index (κ2) is 7.63. The highest BCUT2D eigenvalue weighted by molar-refractivity contribution is 8.00. The minimum absolute atomic E-state index is 0.234. The maximum absolute atomic E-state index is 11.6. The van der Waals surface area contributed by atoms with Crippen LogP contribution in [0.3, 0.4) is 0 Å². The number of nitrogens with zero attached hydrogens (tertiary/aromatic N) is 2. The molecule has 0 amide bonds. The Kier molecular flexibility index (Phi) is 5.32. The second-order valence-corrected chi connectivity index (χ2v) is 6.65. The number of benzene rings is 1. The summed E-state index contributed by atoms with van der Waals surface area (Å²) in [5.41, 5.74) is 2.12. The van der Waals surface area contributed by atoms with Gasteiger partial charge >= 0.3 is 5.97 Å². The summed E-state index contributed by atoms with van der Waals surface area (Å²) in [6, 6.07) is 7.86. The molecule has 0 atom stereocenters. The van der Waals surface area contributed by atoms with Crippen LogP contribution in [0.5, 0.6) is 5.75 Å². The Labute approximate surface area is 148 Å². The Morgan fingerprint density at radius 2 is 2.04 bits per heavy atom. The molecule has 0 unspecified atom stereocenters. The summed E-state index contributed by atoms with van der Waals surface area (Å²) in [5.74, 6) is 0.805. The number of carbonyl (C=O) groups excluding carboxylic acids is 1. The summed E-state index contributed by atoms with van der Waals surface area (Å²) in [4.78, 5) is 21.2. The molecule has 0 aliphatic carbocycles. The lowest BCUT2D eigenvalue weighted by Crippen LogP contribution is -2.06. The summed E-state index contributed by atoms with van der Waals surface area (Å²) in [6.07, 6.45) is 1.53. The molecule has 2 heterocycles. The van der Waals surface area contributed by atoms with Crippen molar-refractivity contribution >= 4 is 39.3 Å². The van der Waals surface area contributed by atoms with E-state index in [1.165, 1.54) is 18.1 Å². The third-order valence-corrected chi connectivity index (χ3v) is 5.22. The number of carbonyl (C=O) groups is 1. The lowest BCUT2D eigenvalue weighted by Gasteiger charge is -2.06. The first-order valence-electron chi connectivity index (χ1n) is 7.38. The zero-order valence-corrected chi connectivity index (χ0v) is 14.9. The number of thioether (sulfide) groups is 1. The van der Waals surface area contributed by atoms with Crippen LogP contribution in [0.15, 0.2) is 41.0 Å². The SMILES string of the molecule is CCOC(=O)CSc1ncnc2scc(-c3ccc(OC)cc3)c12. The fourth-order valence-corrected chi connectivity index (χ4v) is 4.06. The lowest BCUT2D eigenvalue weighted by atomic mass is 10.1. The number of esters is 1. The summed E-state index contributed by atoms with van der Waals surface area (Å²) in [7, 11) is 1.65. The average Bonchev–Trinajstić information content (AvgIpc) is 3.05. The number of fused-ring (bicyclic) bond motifs is 1. The quantitative estimate of drug-likeness (QED) is 0.376. The molecular weight excluding hydrogens is 344 g/mol. The van der Waals surface area contributed by atoms with Crippen LogP contribution in [-0.4, -0.2) is 35.4 Å². The van der Waals surface area contributed by atoms with Crippen LogP contribution >= 0.6 is 23.1 Å². The molecule has 0 aliphatic heterocycles. The van der Waals surface area contributed by atoms with Crippen LogP contribution in [0.2, 0.25) is 0 Å². The Hall–Kier alpha value is -2.12. The molecule has 0 fully saturated rings. The Morgan fingerprint density at radius 1 is 1.25 bits per heavy atom. The van der Waals surface area contributed by atoms with Crippen molar-refractivity contribution in [2.45, 2.75) is 11.9 Å². The molecule has 2 aromatic heterocycles. The van der Waals surface area contributed by atoms with Crippen LogP contribution in [0.4, 0.5) is 0 Å². The fraction of sp³-hybridized carbons (Fsp3) is 0.235. The highest BCUT2D eigenvalue weighted by atomic mass is 32.2. The number of aromatic nitrogens is 2. The van der Waals surface area contributed by atoms with Crippen molar-refractivity contribution in [2.24, 2.45) is 0 Å². The number of hydrogen-bond acceptors (Lipinski definition) is 7. The van der Waals surface area contributed by atoms with Gasteiger partial charge in [0.15, 0.2) is 0 Å². The molecule has 124 valence electrons. The third kappa shape index (κ3) is 3.52. The fourth-order valence-electron chi connectivity index (χ4n) is 2.27. The minimum atomic E-state index is -0.240. The summed E-state index contributed by atoms with van der Waals surface area (Å²) < 4.78 is 10.2. The topological polar surface area (TPSA) is 61.3 Å². The normalized spacial score (nSPS) is 10.8. The summed E-state index contributed by atoms with van der Waals surface area (Å²) in [5, 5.41) is 3.83. The average molecular weight is 360 g/mol. The van der Waals surface area contributed by atoms with Crippen molar-refractivity contribution in [1.82, 2.24) is 9.97 Å². The van der Waals surface area contributed by atoms with Gasteiger partial charge in [-0.1, -0.05) is 23.9 Å². The first-order valence-corrected chi connectivity index (χ1v) is 9.24. The van der Waals surface area contributed by atoms with Crippen molar-refractivity contribution in [1.29, 1.82) is 0 Å². The molecular formula is C17H16N2O3S2. The zero-order chi connectivity index (χ0) is 16.9. The van der Waals surface area contributed by atoms with E-state index in [1.54, 1.807) is 25.4 Å². The van der Waals surface area contributed by atoms with Crippen LogP contribution < -0.4 is 4.74 Å². The highest BCUT2D eigenvalue weighted by Crippen LogP contribution is 2.38. The monoisotopic (exact) mass is 360 g/mol. The molecule has 0 spiro atoms. The van der Waals surface area contributed by atoms with Gasteiger partial charge in [0.25, 0.3) is 0 Å². The van der Waals surface area contributed by atoms with Gasteiger partial charge in [0, 0.05) is 10.9 Å². The van der Waals surface area contributed by atoms with Gasteiger partial charge in [-0.2, -0.15) is 0 Å². The predicted molar refractivity (Wildman–Crippen MR) is 96.8 cm³/mol. The van der Waals surface area contributed by atoms with Crippen molar-refractivity contribution in [2.75, 3.05) is 19.5 Å². The van der Waals surface area contributed by atoms with Gasteiger partial charge in [-0.25, -0.2) is 9.97 Å². The Bertz CT molecular complexity index is 847. The van der Waals surface area contributed by atoms with E-state index in [0.717, 1.165) is 32.1 Å². The lowest BCUT2D eigenvalue weighted by molar-refractivity contribution is -0.139. The Balaban J connectivity index is 1.95. The third-order valence-electron chi connectivity index (χ3n) is 3.37. The molecule has 0 N–H and O–H groups in total. The highest BCUT2D eigenvalue weighted by Gasteiger charge is 2.15. The van der Waals surface area contributed by atoms with E-state index in [9.17, 15) is 4.79 Å². The number of methoxy groups -OCH3 is 1. The van der Waals surface area contributed by atoms with Gasteiger partial charge in [0.2, 0.25) is 0 Å². The van der Waals surface area contributed by atoms with Gasteiger partial charge in [0.1, 0.15) is 21.9 Å². The molecule has 0 aliphatic rings. The van der Waals surface area contributed by atoms with Gasteiger partial charge < -0.3 is 9.47 Å². The van der Waals surface area contributed by atoms with Crippen molar-refractivity contribution < 1.29 is 14.3 Å². The molecule has 3 aromatic rings. The molecule has 0 bridgehead atoms. The van der Waals surface area contributed by atoms with Gasteiger partial charge in [-0.15, -0.1) is 11.3 Å². The number of ether oxygens (including phenoxy) is 2. The molecule has 0 saturated heterocycles. The molecule has 24 heavy (non-hydrogen) atoms. The molecule has 3 rings (SSSR count). The smallest absolute Gasteiger partial charge is 0.316 e. The maximum Gasteiger partial charge on any atom is 0.316 e. The van der Waals surface area contributed by atoms with E-state index >= 15 is 0 Å². The maximum atomic E-state index is 11.6. The van der Waals surface area contributed by atoms with Gasteiger partial charge in [-0.3, -0.25) is 4.79 Å². The standard InChI is InChI=1S/C17H16N2O3S2/c1-3-22-14(20)9-24-17-15-13(8-23-16(15)18-10-19-17)11-4-6-12(21-2)7-5-11/h4-8,10H,3,9H2,1-2H3. The first-order chi connectivity index (χ1) is 11.7. The van der Waals surface area contributed by atoms with Gasteiger partial charge in [0.05, 0.1) is 24.9 Å². The van der Waals surface area contributed by atoms with Gasteiger partial charge in [-0.05, 0) is 24.6 Å². The number of hydrogen-bond donors (Lipinski definition) is 0. The molecule has 1 aromatic carbocycles. The van der Waals surface area contributed by atoms with E-state index in [-0.39, 0.29) is 11.7 Å². The molecule has 0 radical (unpaired) electrons. The molecule has 7 heteroatoms. The predicted octanol–water partition coefficient (Wildman–Crippen LogP) is 4.02.